The summed E-state index contributed by atoms with van der Waals surface area (Å²) in [4.78, 5) is 14.8. The Kier molecular flexibility index (Phi) is 5.35. The minimum Gasteiger partial charge on any atom is -0.390 e. The molecular formula is C20H27F2NO3. The Balaban J connectivity index is 1.70. The lowest BCUT2D eigenvalue weighted by atomic mass is 9.67. The predicted octanol–water partition coefficient (Wildman–Crippen LogP) is 3.81. The first-order valence-electron chi connectivity index (χ1n) is 9.41. The average molecular weight is 367 g/mol. The first-order chi connectivity index (χ1) is 12.3. The third-order valence-electron chi connectivity index (χ3n) is 6.15. The molecule has 1 amide bonds. The van der Waals surface area contributed by atoms with E-state index in [9.17, 15) is 23.8 Å². The highest BCUT2D eigenvalue weighted by atomic mass is 19.3. The Morgan fingerprint density at radius 3 is 2.27 bits per heavy atom. The minimum absolute atomic E-state index is 0.0678. The van der Waals surface area contributed by atoms with E-state index in [1.165, 1.54) is 12.1 Å². The number of hydrogen-bond donors (Lipinski definition) is 2. The third-order valence-corrected chi connectivity index (χ3v) is 6.15. The maximum atomic E-state index is 13.1. The van der Waals surface area contributed by atoms with Crippen molar-refractivity contribution in [2.75, 3.05) is 11.4 Å². The van der Waals surface area contributed by atoms with Gasteiger partial charge in [-0.05, 0) is 56.2 Å². The van der Waals surface area contributed by atoms with E-state index in [2.05, 4.69) is 6.92 Å². The van der Waals surface area contributed by atoms with Gasteiger partial charge in [-0.25, -0.2) is 8.78 Å². The largest absolute Gasteiger partial charge is 0.390 e. The van der Waals surface area contributed by atoms with Crippen LogP contribution in [-0.4, -0.2) is 34.7 Å². The molecule has 1 saturated heterocycles. The van der Waals surface area contributed by atoms with E-state index in [0.29, 0.717) is 37.9 Å². The van der Waals surface area contributed by atoms with Gasteiger partial charge in [0.15, 0.2) is 0 Å². The number of alkyl halides is 2. The number of amides is 1. The molecule has 1 aliphatic carbocycles. The van der Waals surface area contributed by atoms with Gasteiger partial charge in [0.1, 0.15) is 6.10 Å². The topological polar surface area (TPSA) is 60.8 Å². The number of halogens is 2. The number of aliphatic hydroxyl groups is 2. The van der Waals surface area contributed by atoms with Gasteiger partial charge >= 0.3 is 0 Å². The van der Waals surface area contributed by atoms with Crippen LogP contribution in [0.25, 0.3) is 0 Å². The number of aliphatic hydroxyl groups excluding tert-OH is 1. The van der Waals surface area contributed by atoms with E-state index >= 15 is 0 Å². The van der Waals surface area contributed by atoms with E-state index in [1.54, 1.807) is 17.0 Å². The van der Waals surface area contributed by atoms with Crippen molar-refractivity contribution < 1.29 is 23.8 Å². The summed E-state index contributed by atoms with van der Waals surface area (Å²) in [5.41, 5.74) is -0.221. The highest BCUT2D eigenvalue weighted by molar-refractivity contribution is 6.00. The first-order valence-corrected chi connectivity index (χ1v) is 9.41. The summed E-state index contributed by atoms with van der Waals surface area (Å²) in [5, 5.41) is 20.0. The highest BCUT2D eigenvalue weighted by Crippen LogP contribution is 2.49. The Hall–Kier alpha value is -1.53. The Morgan fingerprint density at radius 1 is 1.12 bits per heavy atom. The molecule has 4 nitrogen and oxygen atoms in total. The van der Waals surface area contributed by atoms with Gasteiger partial charge in [0.05, 0.1) is 11.0 Å². The standard InChI is InChI=1S/C20H27F2NO3/c1-2-7-20(26)10-8-19(9-11-20)12-13-23(18(19)25)15-5-3-14(4-6-15)16(24)17(21)22/h3-6,16-17,24,26H,2,7-13H2,1H3/t16?,19-,20+. The summed E-state index contributed by atoms with van der Waals surface area (Å²) < 4.78 is 25.2. The number of carbonyl (C=O) groups is 1. The van der Waals surface area contributed by atoms with Crippen LogP contribution < -0.4 is 4.90 Å². The second-order valence-corrected chi connectivity index (χ2v) is 7.83. The van der Waals surface area contributed by atoms with Crippen LogP contribution >= 0.6 is 0 Å². The Labute approximate surface area is 152 Å². The lowest BCUT2D eigenvalue weighted by Crippen LogP contribution is -2.43. The van der Waals surface area contributed by atoms with E-state index in [0.717, 1.165) is 19.3 Å². The van der Waals surface area contributed by atoms with Crippen LogP contribution in [0.1, 0.15) is 63.5 Å². The Bertz CT molecular complexity index is 639. The molecule has 1 saturated carbocycles. The fourth-order valence-corrected chi connectivity index (χ4v) is 4.44. The lowest BCUT2D eigenvalue weighted by molar-refractivity contribution is -0.130. The number of hydrogen-bond acceptors (Lipinski definition) is 3. The van der Waals surface area contributed by atoms with Gasteiger partial charge < -0.3 is 15.1 Å². The van der Waals surface area contributed by atoms with Crippen molar-refractivity contribution in [3.8, 4) is 0 Å². The van der Waals surface area contributed by atoms with Gasteiger partial charge in [0, 0.05) is 12.2 Å². The molecule has 0 aromatic heterocycles. The molecule has 1 unspecified atom stereocenters. The number of anilines is 1. The molecule has 2 N–H and O–H groups in total. The molecule has 1 atom stereocenters. The molecule has 1 spiro atoms. The molecule has 2 aliphatic rings. The second-order valence-electron chi connectivity index (χ2n) is 7.83. The fraction of sp³-hybridized carbons (Fsp3) is 0.650. The van der Waals surface area contributed by atoms with Crippen molar-refractivity contribution in [3.63, 3.8) is 0 Å². The zero-order valence-electron chi connectivity index (χ0n) is 15.1. The third kappa shape index (κ3) is 3.49. The molecule has 1 heterocycles. The maximum Gasteiger partial charge on any atom is 0.268 e. The maximum absolute atomic E-state index is 13.1. The van der Waals surface area contributed by atoms with Gasteiger partial charge in [-0.1, -0.05) is 25.5 Å². The normalized spacial score (nSPS) is 30.4. The van der Waals surface area contributed by atoms with Crippen LogP contribution in [0, 0.1) is 5.41 Å². The second kappa shape index (κ2) is 7.24. The molecule has 2 fully saturated rings. The quantitative estimate of drug-likeness (QED) is 0.832. The zero-order chi connectivity index (χ0) is 18.9. The van der Waals surface area contributed by atoms with Crippen LogP contribution in [0.5, 0.6) is 0 Å². The molecule has 26 heavy (non-hydrogen) atoms. The molecule has 3 rings (SSSR count). The van der Waals surface area contributed by atoms with Crippen LogP contribution in [0.2, 0.25) is 0 Å². The van der Waals surface area contributed by atoms with Crippen LogP contribution in [-0.2, 0) is 4.79 Å². The molecular weight excluding hydrogens is 340 g/mol. The molecule has 0 bridgehead atoms. The minimum atomic E-state index is -2.83. The van der Waals surface area contributed by atoms with Crippen molar-refractivity contribution in [3.05, 3.63) is 29.8 Å². The van der Waals surface area contributed by atoms with Gasteiger partial charge in [-0.15, -0.1) is 0 Å². The molecule has 1 aromatic carbocycles. The molecule has 1 aromatic rings. The van der Waals surface area contributed by atoms with Gasteiger partial charge in [0.2, 0.25) is 5.91 Å². The summed E-state index contributed by atoms with van der Waals surface area (Å²) >= 11 is 0. The molecule has 0 radical (unpaired) electrons. The molecule has 144 valence electrons. The van der Waals surface area contributed by atoms with Crippen LogP contribution in [0.4, 0.5) is 14.5 Å². The summed E-state index contributed by atoms with van der Waals surface area (Å²) in [6, 6.07) is 6.14. The van der Waals surface area contributed by atoms with E-state index < -0.39 is 23.5 Å². The van der Waals surface area contributed by atoms with Crippen LogP contribution in [0.15, 0.2) is 24.3 Å². The SMILES string of the molecule is CCC[C@]1(O)CC[C@]2(CCN(c3ccc(C(O)C(F)F)cc3)C2=O)CC1. The van der Waals surface area contributed by atoms with Crippen molar-refractivity contribution >= 4 is 11.6 Å². The van der Waals surface area contributed by atoms with Crippen molar-refractivity contribution in [2.24, 2.45) is 5.41 Å². The van der Waals surface area contributed by atoms with E-state index in [4.69, 9.17) is 0 Å². The first kappa shape index (κ1) is 19.2. The summed E-state index contributed by atoms with van der Waals surface area (Å²) in [7, 11) is 0. The summed E-state index contributed by atoms with van der Waals surface area (Å²) in [6.45, 7) is 2.65. The Morgan fingerprint density at radius 2 is 1.73 bits per heavy atom. The predicted molar refractivity (Wildman–Crippen MR) is 95.1 cm³/mol. The van der Waals surface area contributed by atoms with E-state index in [-0.39, 0.29) is 11.5 Å². The number of benzene rings is 1. The van der Waals surface area contributed by atoms with Crippen molar-refractivity contribution in [1.29, 1.82) is 0 Å². The van der Waals surface area contributed by atoms with Crippen molar-refractivity contribution in [1.82, 2.24) is 0 Å². The number of rotatable bonds is 5. The van der Waals surface area contributed by atoms with Gasteiger partial charge in [0.25, 0.3) is 6.43 Å². The highest BCUT2D eigenvalue weighted by Gasteiger charge is 2.51. The lowest BCUT2D eigenvalue weighted by Gasteiger charge is -2.41. The molecule has 1 aliphatic heterocycles. The molecule has 6 heteroatoms. The average Bonchev–Trinajstić information content (AvgIpc) is 2.94. The summed E-state index contributed by atoms with van der Waals surface area (Å²) in [5.74, 6) is 0.0678. The van der Waals surface area contributed by atoms with E-state index in [1.807, 2.05) is 0 Å². The zero-order valence-corrected chi connectivity index (χ0v) is 15.1. The van der Waals surface area contributed by atoms with Gasteiger partial charge in [-0.2, -0.15) is 0 Å². The van der Waals surface area contributed by atoms with Crippen molar-refractivity contribution in [2.45, 2.75) is 70.0 Å². The van der Waals surface area contributed by atoms with Crippen LogP contribution in [0.3, 0.4) is 0 Å². The fourth-order valence-electron chi connectivity index (χ4n) is 4.44. The van der Waals surface area contributed by atoms with Gasteiger partial charge in [-0.3, -0.25) is 4.79 Å². The number of nitrogens with zero attached hydrogens (tertiary/aromatic N) is 1. The smallest absolute Gasteiger partial charge is 0.268 e. The summed E-state index contributed by atoms with van der Waals surface area (Å²) in [6.07, 6.45) is 0.521. The monoisotopic (exact) mass is 367 g/mol. The number of carbonyl (C=O) groups excluding carboxylic acids is 1.